The Morgan fingerprint density at radius 3 is 1.56 bits per heavy atom. The van der Waals surface area contributed by atoms with Crippen LogP contribution in [0.5, 0.6) is 0 Å². The number of allylic oxidation sites excluding steroid dienone is 2. The van der Waals surface area contributed by atoms with Crippen LogP contribution in [0.4, 0.5) is 26.3 Å². The van der Waals surface area contributed by atoms with Crippen molar-refractivity contribution in [2.24, 2.45) is 0 Å². The molecular formula is C13H20F6N2O4S2. The van der Waals surface area contributed by atoms with Crippen LogP contribution in [0.3, 0.4) is 0 Å². The van der Waals surface area contributed by atoms with Crippen LogP contribution in [-0.4, -0.2) is 45.9 Å². The molecule has 0 radical (unpaired) electrons. The third kappa shape index (κ3) is 8.62. The van der Waals surface area contributed by atoms with Crippen LogP contribution in [0.2, 0.25) is 0 Å². The number of rotatable bonds is 7. The van der Waals surface area contributed by atoms with E-state index in [4.69, 9.17) is 0 Å². The predicted octanol–water partition coefficient (Wildman–Crippen LogP) is 4.11. The summed E-state index contributed by atoms with van der Waals surface area (Å²) in [6, 6.07) is 0. The first-order valence-electron chi connectivity index (χ1n) is 7.56. The van der Waals surface area contributed by atoms with Gasteiger partial charge in [0.15, 0.2) is 20.0 Å². The maximum absolute atomic E-state index is 11.4. The molecule has 0 unspecified atom stereocenters. The Morgan fingerprint density at radius 1 is 0.815 bits per heavy atom. The molecule has 0 bridgehead atoms. The molecule has 0 fully saturated rings. The highest BCUT2D eigenvalue weighted by atomic mass is 32.3. The standard InChI is InChI=1S/C11H20N.C2F6NO4S2/c1-3-4-5-6-9-12(2)10-7-8-11-12;3-1(4,5)14(10,11)9-15(12,13)2(6,7)8/h7-8,10-11H,3-6,9H2,1-2H3;/q+1;-1. The molecule has 1 aliphatic heterocycles. The van der Waals surface area contributed by atoms with Gasteiger partial charge in [-0.15, -0.1) is 0 Å². The minimum atomic E-state index is -6.72. The topological polar surface area (TPSA) is 82.4 Å². The van der Waals surface area contributed by atoms with Gasteiger partial charge in [-0.2, -0.15) is 26.3 Å². The van der Waals surface area contributed by atoms with E-state index in [-0.39, 0.29) is 0 Å². The monoisotopic (exact) mass is 446 g/mol. The summed E-state index contributed by atoms with van der Waals surface area (Å²) in [7, 11) is -11.2. The highest BCUT2D eigenvalue weighted by Gasteiger charge is 2.46. The van der Waals surface area contributed by atoms with E-state index in [9.17, 15) is 43.2 Å². The average molecular weight is 446 g/mol. The molecule has 1 heterocycles. The smallest absolute Gasteiger partial charge is 0.421 e. The lowest BCUT2D eigenvalue weighted by molar-refractivity contribution is -0.804. The summed E-state index contributed by atoms with van der Waals surface area (Å²) >= 11 is 0. The van der Waals surface area contributed by atoms with E-state index in [2.05, 4.69) is 38.5 Å². The molecule has 160 valence electrons. The zero-order chi connectivity index (χ0) is 21.6. The lowest BCUT2D eigenvalue weighted by atomic mass is 10.2. The van der Waals surface area contributed by atoms with Crippen molar-refractivity contribution >= 4 is 20.0 Å². The second-order valence-corrected chi connectivity index (χ2v) is 9.15. The Balaban J connectivity index is 0.000000511. The SMILES string of the molecule is CCCCCC[N+]1(C)C=CC=C1.O=S(=O)([N-]S(=O)(=O)C(F)(F)F)C(F)(F)F. The van der Waals surface area contributed by atoms with E-state index in [1.807, 2.05) is 0 Å². The molecule has 0 aliphatic carbocycles. The van der Waals surface area contributed by atoms with Crippen molar-refractivity contribution in [1.82, 2.24) is 0 Å². The first-order valence-corrected chi connectivity index (χ1v) is 10.4. The van der Waals surface area contributed by atoms with Gasteiger partial charge in [-0.3, -0.25) is 4.48 Å². The molecule has 0 atom stereocenters. The number of nitrogens with zero attached hydrogens (tertiary/aromatic N) is 2. The van der Waals surface area contributed by atoms with Crippen molar-refractivity contribution in [3.05, 3.63) is 28.7 Å². The lowest BCUT2D eigenvalue weighted by Crippen LogP contribution is -2.31. The molecule has 14 heteroatoms. The van der Waals surface area contributed by atoms with Crippen LogP contribution in [0, 0.1) is 0 Å². The van der Waals surface area contributed by atoms with Gasteiger partial charge in [-0.1, -0.05) is 19.8 Å². The number of unbranched alkanes of at least 4 members (excludes halogenated alkanes) is 3. The second kappa shape index (κ2) is 9.39. The van der Waals surface area contributed by atoms with Crippen molar-refractivity contribution in [3.8, 4) is 0 Å². The average Bonchev–Trinajstić information content (AvgIpc) is 2.88. The van der Waals surface area contributed by atoms with Crippen LogP contribution in [-0.2, 0) is 20.0 Å². The molecule has 0 aromatic carbocycles. The summed E-state index contributed by atoms with van der Waals surface area (Å²) in [5, 5.41) is 0. The fourth-order valence-electron chi connectivity index (χ4n) is 1.78. The van der Waals surface area contributed by atoms with Gasteiger partial charge < -0.3 is 4.13 Å². The van der Waals surface area contributed by atoms with E-state index in [0.717, 1.165) is 8.61 Å². The molecular weight excluding hydrogens is 426 g/mol. The van der Waals surface area contributed by atoms with Gasteiger partial charge in [-0.05, 0) is 25.0 Å². The van der Waals surface area contributed by atoms with Crippen LogP contribution in [0.15, 0.2) is 24.6 Å². The molecule has 27 heavy (non-hydrogen) atoms. The minimum absolute atomic E-state index is 0.778. The first-order chi connectivity index (χ1) is 12.0. The first kappa shape index (κ1) is 25.9. The third-order valence-electron chi connectivity index (χ3n) is 3.24. The van der Waals surface area contributed by atoms with Crippen LogP contribution in [0.25, 0.3) is 4.13 Å². The lowest BCUT2D eigenvalue weighted by Gasteiger charge is -2.22. The van der Waals surface area contributed by atoms with Gasteiger partial charge in [-0.25, -0.2) is 16.8 Å². The molecule has 0 aromatic rings. The van der Waals surface area contributed by atoms with Crippen molar-refractivity contribution in [1.29, 1.82) is 0 Å². The quantitative estimate of drug-likeness (QED) is 0.335. The van der Waals surface area contributed by atoms with E-state index >= 15 is 0 Å². The molecule has 0 saturated carbocycles. The molecule has 0 spiro atoms. The number of hydrogen-bond acceptors (Lipinski definition) is 4. The van der Waals surface area contributed by atoms with Crippen molar-refractivity contribution in [2.45, 2.75) is 43.6 Å². The molecule has 1 aliphatic rings. The summed E-state index contributed by atoms with van der Waals surface area (Å²) in [6.45, 7) is 3.51. The van der Waals surface area contributed by atoms with Gasteiger partial charge in [0.05, 0.1) is 13.6 Å². The Kier molecular flexibility index (Phi) is 9.00. The van der Waals surface area contributed by atoms with Gasteiger partial charge >= 0.3 is 11.0 Å². The van der Waals surface area contributed by atoms with Crippen molar-refractivity contribution < 1.29 is 47.7 Å². The summed E-state index contributed by atoms with van der Waals surface area (Å²) in [5.41, 5.74) is -12.4. The molecule has 6 nitrogen and oxygen atoms in total. The van der Waals surface area contributed by atoms with Gasteiger partial charge in [0.1, 0.15) is 12.4 Å². The number of hydrogen-bond donors (Lipinski definition) is 0. The molecule has 0 aromatic heterocycles. The minimum Gasteiger partial charge on any atom is -0.421 e. The number of halogens is 6. The Hall–Kier alpha value is -1.12. The van der Waals surface area contributed by atoms with Crippen molar-refractivity contribution in [2.75, 3.05) is 13.6 Å². The summed E-state index contributed by atoms with van der Waals surface area (Å²) in [5.74, 6) is 0. The number of sulfonamides is 2. The van der Waals surface area contributed by atoms with Crippen molar-refractivity contribution in [3.63, 3.8) is 0 Å². The Labute approximate surface area is 154 Å². The summed E-state index contributed by atoms with van der Waals surface area (Å²) < 4.78 is 110. The molecule has 0 amide bonds. The maximum Gasteiger partial charge on any atom is 0.480 e. The van der Waals surface area contributed by atoms with Crippen LogP contribution >= 0.6 is 0 Å². The third-order valence-corrected chi connectivity index (χ3v) is 5.98. The summed E-state index contributed by atoms with van der Waals surface area (Å²) in [6.07, 6.45) is 14.2. The zero-order valence-corrected chi connectivity index (χ0v) is 16.1. The highest BCUT2D eigenvalue weighted by Crippen LogP contribution is 2.36. The van der Waals surface area contributed by atoms with Gasteiger partial charge in [0.25, 0.3) is 0 Å². The Bertz CT molecular complexity index is 686. The normalized spacial score (nSPS) is 16.9. The van der Waals surface area contributed by atoms with Gasteiger partial charge in [0.2, 0.25) is 0 Å². The van der Waals surface area contributed by atoms with E-state index in [0.29, 0.717) is 0 Å². The fourth-order valence-corrected chi connectivity index (χ4v) is 3.49. The van der Waals surface area contributed by atoms with E-state index < -0.39 is 31.1 Å². The number of quaternary nitrogens is 1. The summed E-state index contributed by atoms with van der Waals surface area (Å²) in [4.78, 5) is 0. The van der Waals surface area contributed by atoms with Crippen LogP contribution < -0.4 is 0 Å². The highest BCUT2D eigenvalue weighted by molar-refractivity contribution is 8.13. The number of alkyl halides is 6. The van der Waals surface area contributed by atoms with Gasteiger partial charge in [0, 0.05) is 0 Å². The zero-order valence-electron chi connectivity index (χ0n) is 14.5. The van der Waals surface area contributed by atoms with Crippen LogP contribution in [0.1, 0.15) is 32.6 Å². The van der Waals surface area contributed by atoms with E-state index in [1.165, 1.54) is 32.2 Å². The second-order valence-electron chi connectivity index (χ2n) is 5.73. The fraction of sp³-hybridized carbons (Fsp3) is 0.692. The molecule has 0 N–H and O–H groups in total. The van der Waals surface area contributed by atoms with E-state index in [1.54, 1.807) is 0 Å². The Morgan fingerprint density at radius 2 is 1.22 bits per heavy atom. The predicted molar refractivity (Wildman–Crippen MR) is 86.8 cm³/mol. The maximum atomic E-state index is 11.4. The molecule has 0 saturated heterocycles. The molecule has 1 rings (SSSR count). The largest absolute Gasteiger partial charge is 0.480 e.